The van der Waals surface area contributed by atoms with E-state index in [1.54, 1.807) is 0 Å². The van der Waals surface area contributed by atoms with Gasteiger partial charge in [0.05, 0.1) is 0 Å². The third-order valence-electron chi connectivity index (χ3n) is 3.02. The van der Waals surface area contributed by atoms with Gasteiger partial charge >= 0.3 is 0 Å². The molecule has 0 amide bonds. The molecule has 1 aromatic rings. The Bertz CT molecular complexity index is 415. The number of nitrogens with one attached hydrogen (secondary N) is 1. The van der Waals surface area contributed by atoms with E-state index in [9.17, 15) is 0 Å². The summed E-state index contributed by atoms with van der Waals surface area (Å²) in [6.45, 7) is 6.45. The van der Waals surface area contributed by atoms with Gasteiger partial charge in [0, 0.05) is 18.4 Å². The Hall–Kier alpha value is -1.09. The van der Waals surface area contributed by atoms with Crippen molar-refractivity contribution in [3.05, 3.63) is 35.9 Å². The topological polar surface area (TPSA) is 21.3 Å². The Balaban J connectivity index is 2.16. The molecule has 1 N–H and O–H groups in total. The highest BCUT2D eigenvalue weighted by Gasteiger charge is 2.40. The summed E-state index contributed by atoms with van der Waals surface area (Å²) in [5.74, 6) is 0. The second kappa shape index (κ2) is 4.30. The molecule has 0 aliphatic carbocycles. The van der Waals surface area contributed by atoms with E-state index in [2.05, 4.69) is 50.4 Å². The summed E-state index contributed by atoms with van der Waals surface area (Å²) in [6.07, 6.45) is 1.83. The average molecular weight is 249 g/mol. The van der Waals surface area contributed by atoms with Crippen LogP contribution in [0.4, 0.5) is 0 Å². The molecule has 0 radical (unpaired) electrons. The molecular formula is C14H19NOS. The molecule has 1 aliphatic heterocycles. The standard InChI is InChI=1S/C14H19NOS/c1-13(2)10-14(3,16-12(17)15-13)9-11-7-5-4-6-8-11/h4-8H,9-10H2,1-3H3,(H,15,17)/t14-/m0/s1. The number of hydrogen-bond acceptors (Lipinski definition) is 2. The van der Waals surface area contributed by atoms with E-state index in [4.69, 9.17) is 17.0 Å². The van der Waals surface area contributed by atoms with E-state index in [0.29, 0.717) is 5.17 Å². The predicted molar refractivity (Wildman–Crippen MR) is 74.1 cm³/mol. The first kappa shape index (κ1) is 12.4. The van der Waals surface area contributed by atoms with E-state index in [-0.39, 0.29) is 11.1 Å². The largest absolute Gasteiger partial charge is 0.464 e. The van der Waals surface area contributed by atoms with Gasteiger partial charge in [-0.15, -0.1) is 0 Å². The van der Waals surface area contributed by atoms with Crippen molar-refractivity contribution in [3.8, 4) is 0 Å². The van der Waals surface area contributed by atoms with Crippen molar-refractivity contribution < 1.29 is 4.74 Å². The lowest BCUT2D eigenvalue weighted by Crippen LogP contribution is -2.57. The maximum Gasteiger partial charge on any atom is 0.257 e. The van der Waals surface area contributed by atoms with Crippen LogP contribution in [0, 0.1) is 0 Å². The number of benzene rings is 1. The summed E-state index contributed by atoms with van der Waals surface area (Å²) >= 11 is 5.19. The molecule has 2 rings (SSSR count). The third kappa shape index (κ3) is 3.19. The Morgan fingerprint density at radius 3 is 2.47 bits per heavy atom. The van der Waals surface area contributed by atoms with Crippen LogP contribution in [0.1, 0.15) is 32.8 Å². The van der Waals surface area contributed by atoms with Crippen LogP contribution in [0.5, 0.6) is 0 Å². The summed E-state index contributed by atoms with van der Waals surface area (Å²) in [6, 6.07) is 10.4. The van der Waals surface area contributed by atoms with Gasteiger partial charge in [-0.05, 0) is 38.6 Å². The highest BCUT2D eigenvalue weighted by Crippen LogP contribution is 2.31. The first-order valence-corrected chi connectivity index (χ1v) is 6.35. The van der Waals surface area contributed by atoms with Crippen LogP contribution in [0.3, 0.4) is 0 Å². The van der Waals surface area contributed by atoms with Crippen LogP contribution < -0.4 is 5.32 Å². The minimum atomic E-state index is -0.215. The Labute approximate surface area is 108 Å². The second-order valence-corrected chi connectivity index (χ2v) is 6.06. The molecule has 0 saturated carbocycles. The molecule has 3 heteroatoms. The van der Waals surface area contributed by atoms with Gasteiger partial charge in [-0.3, -0.25) is 0 Å². The summed E-state index contributed by atoms with van der Waals surface area (Å²) in [5.41, 5.74) is 1.07. The normalized spacial score (nSPS) is 27.1. The highest BCUT2D eigenvalue weighted by atomic mass is 32.1. The number of ether oxygens (including phenoxy) is 1. The molecule has 1 aliphatic rings. The van der Waals surface area contributed by atoms with Gasteiger partial charge in [0.1, 0.15) is 5.60 Å². The van der Waals surface area contributed by atoms with Gasteiger partial charge in [-0.2, -0.15) is 0 Å². The minimum Gasteiger partial charge on any atom is -0.464 e. The van der Waals surface area contributed by atoms with E-state index in [1.165, 1.54) is 5.56 Å². The molecule has 0 spiro atoms. The number of rotatable bonds is 2. The van der Waals surface area contributed by atoms with Crippen molar-refractivity contribution in [3.63, 3.8) is 0 Å². The summed E-state index contributed by atoms with van der Waals surface area (Å²) in [5, 5.41) is 3.72. The van der Waals surface area contributed by atoms with Gasteiger partial charge in [0.25, 0.3) is 5.17 Å². The lowest BCUT2D eigenvalue weighted by Gasteiger charge is -2.44. The van der Waals surface area contributed by atoms with E-state index in [0.717, 1.165) is 12.8 Å². The maximum absolute atomic E-state index is 5.83. The van der Waals surface area contributed by atoms with Crippen molar-refractivity contribution >= 4 is 17.4 Å². The van der Waals surface area contributed by atoms with Crippen LogP contribution >= 0.6 is 12.2 Å². The Morgan fingerprint density at radius 1 is 1.24 bits per heavy atom. The molecule has 1 heterocycles. The molecule has 1 fully saturated rings. The summed E-state index contributed by atoms with van der Waals surface area (Å²) < 4.78 is 5.83. The fourth-order valence-corrected chi connectivity index (χ4v) is 3.14. The van der Waals surface area contributed by atoms with Crippen molar-refractivity contribution in [1.29, 1.82) is 0 Å². The molecule has 0 unspecified atom stereocenters. The zero-order valence-corrected chi connectivity index (χ0v) is 11.4. The fourth-order valence-electron chi connectivity index (χ4n) is 2.67. The molecule has 17 heavy (non-hydrogen) atoms. The van der Waals surface area contributed by atoms with Gasteiger partial charge < -0.3 is 10.1 Å². The molecule has 1 saturated heterocycles. The van der Waals surface area contributed by atoms with Gasteiger partial charge in [0.2, 0.25) is 0 Å². The predicted octanol–water partition coefficient (Wildman–Crippen LogP) is 3.06. The van der Waals surface area contributed by atoms with Crippen LogP contribution in [0.25, 0.3) is 0 Å². The Morgan fingerprint density at radius 2 is 1.88 bits per heavy atom. The summed E-state index contributed by atoms with van der Waals surface area (Å²) in [4.78, 5) is 0. The second-order valence-electron chi connectivity index (χ2n) is 5.69. The first-order valence-electron chi connectivity index (χ1n) is 5.94. The van der Waals surface area contributed by atoms with Crippen molar-refractivity contribution in [1.82, 2.24) is 5.32 Å². The molecule has 2 nitrogen and oxygen atoms in total. The van der Waals surface area contributed by atoms with Crippen LogP contribution in [0.2, 0.25) is 0 Å². The zero-order valence-electron chi connectivity index (χ0n) is 10.6. The van der Waals surface area contributed by atoms with Gasteiger partial charge in [-0.1, -0.05) is 30.3 Å². The SMILES string of the molecule is CC1(C)C[C@](C)(Cc2ccccc2)OC(=S)N1. The zero-order chi connectivity index (χ0) is 12.5. The van der Waals surface area contributed by atoms with Crippen molar-refractivity contribution in [2.75, 3.05) is 0 Å². The monoisotopic (exact) mass is 249 g/mol. The fraction of sp³-hybridized carbons (Fsp3) is 0.500. The van der Waals surface area contributed by atoms with E-state index < -0.39 is 0 Å². The molecule has 92 valence electrons. The molecular weight excluding hydrogens is 230 g/mol. The van der Waals surface area contributed by atoms with Crippen LogP contribution in [0.15, 0.2) is 30.3 Å². The minimum absolute atomic E-state index is 0.00113. The molecule has 0 aromatic heterocycles. The molecule has 1 aromatic carbocycles. The maximum atomic E-state index is 5.83. The number of hydrogen-bond donors (Lipinski definition) is 1. The smallest absolute Gasteiger partial charge is 0.257 e. The third-order valence-corrected chi connectivity index (χ3v) is 3.20. The number of thiocarbonyl (C=S) groups is 1. The lowest BCUT2D eigenvalue weighted by molar-refractivity contribution is 0.0130. The lowest BCUT2D eigenvalue weighted by atomic mass is 9.83. The first-order chi connectivity index (χ1) is 7.89. The quantitative estimate of drug-likeness (QED) is 0.814. The van der Waals surface area contributed by atoms with Crippen LogP contribution in [-0.4, -0.2) is 16.3 Å². The van der Waals surface area contributed by atoms with E-state index >= 15 is 0 Å². The van der Waals surface area contributed by atoms with Crippen molar-refractivity contribution in [2.45, 2.75) is 44.8 Å². The van der Waals surface area contributed by atoms with Crippen LogP contribution in [-0.2, 0) is 11.2 Å². The summed E-state index contributed by atoms with van der Waals surface area (Å²) in [7, 11) is 0. The average Bonchev–Trinajstić information content (AvgIpc) is 2.13. The molecule has 0 bridgehead atoms. The highest BCUT2D eigenvalue weighted by molar-refractivity contribution is 7.80. The van der Waals surface area contributed by atoms with E-state index in [1.807, 2.05) is 6.07 Å². The van der Waals surface area contributed by atoms with Gasteiger partial charge in [-0.25, -0.2) is 0 Å². The Kier molecular flexibility index (Phi) is 3.13. The molecule has 1 atom stereocenters. The van der Waals surface area contributed by atoms with Gasteiger partial charge in [0.15, 0.2) is 0 Å². The van der Waals surface area contributed by atoms with Crippen molar-refractivity contribution in [2.24, 2.45) is 0 Å².